The topological polar surface area (TPSA) is 92.2 Å². The summed E-state index contributed by atoms with van der Waals surface area (Å²) in [5.74, 6) is -0.200. The van der Waals surface area contributed by atoms with Gasteiger partial charge in [-0.2, -0.15) is 5.10 Å². The summed E-state index contributed by atoms with van der Waals surface area (Å²) in [5.41, 5.74) is 4.00. The highest BCUT2D eigenvalue weighted by molar-refractivity contribution is 5.99. The van der Waals surface area contributed by atoms with E-state index < -0.39 is 0 Å². The molecule has 2 N–H and O–H groups in total. The first kappa shape index (κ1) is 17.7. The molecule has 1 fully saturated rings. The molecule has 142 valence electrons. The van der Waals surface area contributed by atoms with Crippen LogP contribution >= 0.6 is 0 Å². The van der Waals surface area contributed by atoms with Crippen molar-refractivity contribution in [2.75, 3.05) is 18.0 Å². The van der Waals surface area contributed by atoms with Crippen LogP contribution in [0, 0.1) is 6.92 Å². The maximum absolute atomic E-state index is 12.7. The fraction of sp³-hybridized carbons (Fsp3) is 0.200. The van der Waals surface area contributed by atoms with Gasteiger partial charge < -0.3 is 10.6 Å². The first-order valence-corrected chi connectivity index (χ1v) is 9.00. The van der Waals surface area contributed by atoms with Crippen LogP contribution in [0.2, 0.25) is 0 Å². The largest absolute Gasteiger partial charge is 0.348 e. The molecular weight excluding hydrogens is 356 g/mol. The van der Waals surface area contributed by atoms with Gasteiger partial charge in [0.05, 0.1) is 5.69 Å². The number of carbonyl (C=O) groups is 2. The summed E-state index contributed by atoms with van der Waals surface area (Å²) in [6.07, 6.45) is 3.09. The van der Waals surface area contributed by atoms with E-state index in [4.69, 9.17) is 0 Å². The normalized spacial score (nSPS) is 13.5. The first-order chi connectivity index (χ1) is 13.6. The third-order valence-corrected chi connectivity index (χ3v) is 4.72. The predicted octanol–water partition coefficient (Wildman–Crippen LogP) is 2.04. The molecule has 8 heteroatoms. The van der Waals surface area contributed by atoms with E-state index in [1.165, 1.54) is 6.33 Å². The standard InChI is InChI=1S/C20H20N6O2/c1-14-6-7-15(10-18(14)25-9-8-22-20(25)28)19(27)23-11-16-4-2-3-5-17(16)26-13-21-12-24-26/h2-7,10,12-13H,8-9,11H2,1H3,(H,22,28)(H,23,27). The summed E-state index contributed by atoms with van der Waals surface area (Å²) < 4.78 is 1.66. The Morgan fingerprint density at radius 2 is 2.07 bits per heavy atom. The van der Waals surface area contributed by atoms with E-state index >= 15 is 0 Å². The molecule has 0 saturated carbocycles. The SMILES string of the molecule is Cc1ccc(C(=O)NCc2ccccc2-n2cncn2)cc1N1CCNC1=O. The molecule has 0 unspecified atom stereocenters. The Hall–Kier alpha value is -3.68. The van der Waals surface area contributed by atoms with Crippen LogP contribution in [0.25, 0.3) is 5.69 Å². The lowest BCUT2D eigenvalue weighted by atomic mass is 10.1. The molecule has 8 nitrogen and oxygen atoms in total. The number of hydrogen-bond donors (Lipinski definition) is 2. The second-order valence-electron chi connectivity index (χ2n) is 6.54. The van der Waals surface area contributed by atoms with Crippen LogP contribution in [0.1, 0.15) is 21.5 Å². The van der Waals surface area contributed by atoms with E-state index in [0.717, 1.165) is 22.5 Å². The highest BCUT2D eigenvalue weighted by Gasteiger charge is 2.23. The lowest BCUT2D eigenvalue weighted by molar-refractivity contribution is 0.0951. The molecule has 3 aromatic rings. The molecule has 0 aliphatic carbocycles. The third kappa shape index (κ3) is 3.44. The molecule has 1 aliphatic rings. The van der Waals surface area contributed by atoms with Crippen molar-refractivity contribution in [2.45, 2.75) is 13.5 Å². The Kier molecular flexibility index (Phi) is 4.76. The van der Waals surface area contributed by atoms with Gasteiger partial charge in [0.1, 0.15) is 12.7 Å². The van der Waals surface area contributed by atoms with Gasteiger partial charge >= 0.3 is 6.03 Å². The fourth-order valence-electron chi connectivity index (χ4n) is 3.24. The average Bonchev–Trinajstić information content (AvgIpc) is 3.39. The number of urea groups is 1. The third-order valence-electron chi connectivity index (χ3n) is 4.72. The number of rotatable bonds is 5. The van der Waals surface area contributed by atoms with E-state index in [1.54, 1.807) is 28.0 Å². The summed E-state index contributed by atoms with van der Waals surface area (Å²) in [5, 5.41) is 9.88. The van der Waals surface area contributed by atoms with Gasteiger partial charge in [0, 0.05) is 30.9 Å². The summed E-state index contributed by atoms with van der Waals surface area (Å²) >= 11 is 0. The Bertz CT molecular complexity index is 1020. The van der Waals surface area contributed by atoms with Crippen LogP contribution in [0.5, 0.6) is 0 Å². The molecule has 4 rings (SSSR count). The highest BCUT2D eigenvalue weighted by Crippen LogP contribution is 2.23. The number of hydrogen-bond acceptors (Lipinski definition) is 4. The maximum atomic E-state index is 12.7. The summed E-state index contributed by atoms with van der Waals surface area (Å²) in [6.45, 7) is 3.48. The zero-order chi connectivity index (χ0) is 19.5. The quantitative estimate of drug-likeness (QED) is 0.713. The number of aryl methyl sites for hydroxylation is 1. The van der Waals surface area contributed by atoms with Gasteiger partial charge in [-0.05, 0) is 36.2 Å². The van der Waals surface area contributed by atoms with Gasteiger partial charge in [0.25, 0.3) is 5.91 Å². The molecule has 0 spiro atoms. The molecule has 3 amide bonds. The monoisotopic (exact) mass is 376 g/mol. The van der Waals surface area contributed by atoms with E-state index in [0.29, 0.717) is 25.2 Å². The molecule has 28 heavy (non-hydrogen) atoms. The van der Waals surface area contributed by atoms with Gasteiger partial charge in [-0.25, -0.2) is 14.5 Å². The molecule has 2 heterocycles. The second-order valence-corrected chi connectivity index (χ2v) is 6.54. The second kappa shape index (κ2) is 7.51. The van der Waals surface area contributed by atoms with Crippen molar-refractivity contribution in [1.29, 1.82) is 0 Å². The number of nitrogens with zero attached hydrogens (tertiary/aromatic N) is 4. The predicted molar refractivity (Wildman–Crippen MR) is 104 cm³/mol. The van der Waals surface area contributed by atoms with Gasteiger partial charge in [-0.3, -0.25) is 9.69 Å². The fourth-order valence-corrected chi connectivity index (χ4v) is 3.24. The van der Waals surface area contributed by atoms with Crippen molar-refractivity contribution >= 4 is 17.6 Å². The summed E-state index contributed by atoms with van der Waals surface area (Å²) in [7, 11) is 0. The average molecular weight is 376 g/mol. The Labute approximate surface area is 162 Å². The molecule has 0 radical (unpaired) electrons. The summed E-state index contributed by atoms with van der Waals surface area (Å²) in [6, 6.07) is 12.9. The van der Waals surface area contributed by atoms with Crippen LogP contribution in [0.4, 0.5) is 10.5 Å². The van der Waals surface area contributed by atoms with Gasteiger partial charge in [0.2, 0.25) is 0 Å². The molecule has 0 bridgehead atoms. The van der Waals surface area contributed by atoms with Gasteiger partial charge in [0.15, 0.2) is 0 Å². The van der Waals surface area contributed by atoms with Gasteiger partial charge in [-0.15, -0.1) is 0 Å². The number of benzene rings is 2. The van der Waals surface area contributed by atoms with E-state index in [-0.39, 0.29) is 11.9 Å². The van der Waals surface area contributed by atoms with Gasteiger partial charge in [-0.1, -0.05) is 24.3 Å². The number of nitrogens with one attached hydrogen (secondary N) is 2. The molecule has 1 aromatic heterocycles. The van der Waals surface area contributed by atoms with Crippen molar-refractivity contribution in [3.8, 4) is 5.69 Å². The van der Waals surface area contributed by atoms with Crippen LogP contribution in [-0.2, 0) is 6.54 Å². The zero-order valence-electron chi connectivity index (χ0n) is 15.4. The molecule has 1 saturated heterocycles. The van der Waals surface area contributed by atoms with Crippen LogP contribution in [0.3, 0.4) is 0 Å². The van der Waals surface area contributed by atoms with Crippen molar-refractivity contribution in [3.05, 3.63) is 71.8 Å². The smallest absolute Gasteiger partial charge is 0.322 e. The van der Waals surface area contributed by atoms with E-state index in [9.17, 15) is 9.59 Å². The number of carbonyl (C=O) groups excluding carboxylic acids is 2. The van der Waals surface area contributed by atoms with Crippen LogP contribution in [0.15, 0.2) is 55.1 Å². The number of para-hydroxylation sites is 1. The Balaban J connectivity index is 1.52. The minimum atomic E-state index is -0.200. The minimum Gasteiger partial charge on any atom is -0.348 e. The van der Waals surface area contributed by atoms with Crippen LogP contribution < -0.4 is 15.5 Å². The van der Waals surface area contributed by atoms with Crippen LogP contribution in [-0.4, -0.2) is 39.8 Å². The zero-order valence-corrected chi connectivity index (χ0v) is 15.4. The lowest BCUT2D eigenvalue weighted by Crippen LogP contribution is -2.29. The molecule has 2 aromatic carbocycles. The Morgan fingerprint density at radius 3 is 2.82 bits per heavy atom. The minimum absolute atomic E-state index is 0.137. The van der Waals surface area contributed by atoms with Crippen molar-refractivity contribution in [3.63, 3.8) is 0 Å². The Morgan fingerprint density at radius 1 is 1.21 bits per heavy atom. The highest BCUT2D eigenvalue weighted by atomic mass is 16.2. The maximum Gasteiger partial charge on any atom is 0.322 e. The van der Waals surface area contributed by atoms with Crippen molar-refractivity contribution in [1.82, 2.24) is 25.4 Å². The molecular formula is C20H20N6O2. The summed E-state index contributed by atoms with van der Waals surface area (Å²) in [4.78, 5) is 30.3. The molecule has 0 atom stereocenters. The van der Waals surface area contributed by atoms with Crippen molar-refractivity contribution in [2.24, 2.45) is 0 Å². The molecule has 1 aliphatic heterocycles. The number of anilines is 1. The lowest BCUT2D eigenvalue weighted by Gasteiger charge is -2.18. The van der Waals surface area contributed by atoms with E-state index in [1.807, 2.05) is 37.3 Å². The number of amides is 3. The van der Waals surface area contributed by atoms with Crippen molar-refractivity contribution < 1.29 is 9.59 Å². The first-order valence-electron chi connectivity index (χ1n) is 9.00. The number of aromatic nitrogens is 3. The van der Waals surface area contributed by atoms with E-state index in [2.05, 4.69) is 20.7 Å².